The van der Waals surface area contributed by atoms with Gasteiger partial charge >= 0.3 is 0 Å². The van der Waals surface area contributed by atoms with Crippen LogP contribution in [-0.4, -0.2) is 12.5 Å². The van der Waals surface area contributed by atoms with Crippen molar-refractivity contribution < 1.29 is 4.79 Å². The molecular weight excluding hydrogens is 319 g/mol. The Kier molecular flexibility index (Phi) is 5.69. The van der Waals surface area contributed by atoms with E-state index >= 15 is 0 Å². The molecule has 0 atom stereocenters. The minimum Gasteiger partial charge on any atom is -0.385 e. The number of carbonyl (C=O) groups excluding carboxylic acids is 1. The van der Waals surface area contributed by atoms with Crippen molar-refractivity contribution in [2.45, 2.75) is 20.3 Å². The van der Waals surface area contributed by atoms with Crippen LogP contribution in [0.1, 0.15) is 17.5 Å². The van der Waals surface area contributed by atoms with Crippen LogP contribution in [0.3, 0.4) is 0 Å². The fraction of sp³-hybridized carbons (Fsp3) is 0.235. The minimum atomic E-state index is -0.0878. The summed E-state index contributed by atoms with van der Waals surface area (Å²) in [7, 11) is 0. The van der Waals surface area contributed by atoms with Crippen molar-refractivity contribution >= 4 is 40.5 Å². The van der Waals surface area contributed by atoms with Crippen LogP contribution < -0.4 is 10.6 Å². The van der Waals surface area contributed by atoms with Crippen molar-refractivity contribution in [2.75, 3.05) is 17.2 Å². The Morgan fingerprint density at radius 3 is 2.09 bits per heavy atom. The maximum absolute atomic E-state index is 11.9. The smallest absolute Gasteiger partial charge is 0.226 e. The van der Waals surface area contributed by atoms with Crippen LogP contribution in [0.15, 0.2) is 36.4 Å². The molecule has 0 fully saturated rings. The summed E-state index contributed by atoms with van der Waals surface area (Å²) in [5, 5.41) is 7.03. The molecule has 0 saturated carbocycles. The van der Waals surface area contributed by atoms with Gasteiger partial charge in [-0.05, 0) is 55.3 Å². The number of halogens is 2. The Hall–Kier alpha value is -1.71. The van der Waals surface area contributed by atoms with Gasteiger partial charge in [-0.2, -0.15) is 0 Å². The highest BCUT2D eigenvalue weighted by molar-refractivity contribution is 6.35. The van der Waals surface area contributed by atoms with Crippen LogP contribution in [0, 0.1) is 13.8 Å². The topological polar surface area (TPSA) is 41.1 Å². The first kappa shape index (κ1) is 16.7. The largest absolute Gasteiger partial charge is 0.385 e. The van der Waals surface area contributed by atoms with E-state index in [1.807, 2.05) is 13.8 Å². The third-order valence-electron chi connectivity index (χ3n) is 3.05. The molecule has 2 N–H and O–H groups in total. The molecule has 2 aromatic rings. The Labute approximate surface area is 140 Å². The molecule has 0 radical (unpaired) electrons. The summed E-state index contributed by atoms with van der Waals surface area (Å²) in [4.78, 5) is 11.9. The van der Waals surface area contributed by atoms with Crippen molar-refractivity contribution in [1.29, 1.82) is 0 Å². The molecule has 0 aromatic heterocycles. The van der Waals surface area contributed by atoms with Crippen molar-refractivity contribution in [3.63, 3.8) is 0 Å². The van der Waals surface area contributed by atoms with Gasteiger partial charge in [-0.15, -0.1) is 0 Å². The summed E-state index contributed by atoms with van der Waals surface area (Å²) in [6, 6.07) is 11.2. The summed E-state index contributed by atoms with van der Waals surface area (Å²) in [5.74, 6) is -0.0878. The van der Waals surface area contributed by atoms with Gasteiger partial charge in [-0.3, -0.25) is 4.79 Å². The number of benzene rings is 2. The van der Waals surface area contributed by atoms with E-state index in [9.17, 15) is 4.79 Å². The van der Waals surface area contributed by atoms with Gasteiger partial charge in [0, 0.05) is 34.4 Å². The molecule has 0 unspecified atom stereocenters. The third-order valence-corrected chi connectivity index (χ3v) is 3.49. The number of amides is 1. The highest BCUT2D eigenvalue weighted by Crippen LogP contribution is 2.22. The van der Waals surface area contributed by atoms with Crippen LogP contribution in [0.25, 0.3) is 0 Å². The first-order chi connectivity index (χ1) is 10.4. The van der Waals surface area contributed by atoms with Gasteiger partial charge in [-0.25, -0.2) is 0 Å². The Bertz CT molecular complexity index is 646. The molecule has 22 heavy (non-hydrogen) atoms. The fourth-order valence-electron chi connectivity index (χ4n) is 2.25. The molecular formula is C17H18Cl2N2O. The van der Waals surface area contributed by atoms with Gasteiger partial charge in [0.1, 0.15) is 0 Å². The van der Waals surface area contributed by atoms with Crippen LogP contribution in [0.5, 0.6) is 0 Å². The number of anilines is 2. The first-order valence-electron chi connectivity index (χ1n) is 7.00. The van der Waals surface area contributed by atoms with E-state index in [-0.39, 0.29) is 5.91 Å². The van der Waals surface area contributed by atoms with Crippen molar-refractivity contribution in [2.24, 2.45) is 0 Å². The fourth-order valence-corrected chi connectivity index (χ4v) is 2.77. The minimum absolute atomic E-state index is 0.0878. The molecule has 0 spiro atoms. The SMILES string of the molecule is Cc1cc(C)cc(NCCC(=O)Nc2cc(Cl)cc(Cl)c2)c1. The third kappa shape index (κ3) is 5.24. The second-order valence-electron chi connectivity index (χ2n) is 5.26. The summed E-state index contributed by atoms with van der Waals surface area (Å²) in [6.45, 7) is 4.66. The predicted octanol–water partition coefficient (Wildman–Crippen LogP) is 5.05. The Morgan fingerprint density at radius 2 is 1.50 bits per heavy atom. The number of rotatable bonds is 5. The number of aryl methyl sites for hydroxylation is 2. The molecule has 116 valence electrons. The Balaban J connectivity index is 1.85. The monoisotopic (exact) mass is 336 g/mol. The van der Waals surface area contributed by atoms with Gasteiger partial charge in [0.25, 0.3) is 0 Å². The second kappa shape index (κ2) is 7.52. The summed E-state index contributed by atoms with van der Waals surface area (Å²) in [6.07, 6.45) is 0.358. The maximum atomic E-state index is 11.9. The molecule has 3 nitrogen and oxygen atoms in total. The molecule has 5 heteroatoms. The van der Waals surface area contributed by atoms with Gasteiger partial charge in [0.2, 0.25) is 5.91 Å². The summed E-state index contributed by atoms with van der Waals surface area (Å²) >= 11 is 11.8. The van der Waals surface area contributed by atoms with Gasteiger partial charge in [-0.1, -0.05) is 29.3 Å². The number of carbonyl (C=O) groups is 1. The first-order valence-corrected chi connectivity index (χ1v) is 7.76. The maximum Gasteiger partial charge on any atom is 0.226 e. The molecule has 2 rings (SSSR count). The highest BCUT2D eigenvalue weighted by Gasteiger charge is 2.04. The molecule has 0 bridgehead atoms. The standard InChI is InChI=1S/C17H18Cl2N2O/c1-11-5-12(2)7-15(6-11)20-4-3-17(22)21-16-9-13(18)8-14(19)10-16/h5-10,20H,3-4H2,1-2H3,(H,21,22). The molecule has 2 aromatic carbocycles. The van der Waals surface area contributed by atoms with E-state index in [0.29, 0.717) is 28.7 Å². The molecule has 0 heterocycles. The van der Waals surface area contributed by atoms with Crippen molar-refractivity contribution in [3.05, 3.63) is 57.6 Å². The van der Waals surface area contributed by atoms with Crippen LogP contribution in [-0.2, 0) is 4.79 Å². The zero-order valence-electron chi connectivity index (χ0n) is 12.5. The lowest BCUT2D eigenvalue weighted by molar-refractivity contribution is -0.115. The normalized spacial score (nSPS) is 10.4. The molecule has 1 amide bonds. The van der Waals surface area contributed by atoms with E-state index in [4.69, 9.17) is 23.2 Å². The summed E-state index contributed by atoms with van der Waals surface area (Å²) in [5.41, 5.74) is 4.02. The van der Waals surface area contributed by atoms with Crippen LogP contribution in [0.4, 0.5) is 11.4 Å². The average Bonchev–Trinajstić information content (AvgIpc) is 2.35. The lowest BCUT2D eigenvalue weighted by Gasteiger charge is -2.09. The summed E-state index contributed by atoms with van der Waals surface area (Å²) < 4.78 is 0. The molecule has 0 aliphatic heterocycles. The van der Waals surface area contributed by atoms with Crippen molar-refractivity contribution in [1.82, 2.24) is 0 Å². The molecule has 0 saturated heterocycles. The van der Waals surface area contributed by atoms with Crippen molar-refractivity contribution in [3.8, 4) is 0 Å². The zero-order valence-corrected chi connectivity index (χ0v) is 14.1. The predicted molar refractivity (Wildman–Crippen MR) is 94.1 cm³/mol. The van der Waals surface area contributed by atoms with Gasteiger partial charge in [0.05, 0.1) is 0 Å². The number of nitrogens with one attached hydrogen (secondary N) is 2. The average molecular weight is 337 g/mol. The Morgan fingerprint density at radius 1 is 0.909 bits per heavy atom. The van der Waals surface area contributed by atoms with E-state index < -0.39 is 0 Å². The lowest BCUT2D eigenvalue weighted by atomic mass is 10.1. The van der Waals surface area contributed by atoms with Gasteiger partial charge in [0.15, 0.2) is 0 Å². The number of hydrogen-bond acceptors (Lipinski definition) is 2. The second-order valence-corrected chi connectivity index (χ2v) is 6.13. The van der Waals surface area contributed by atoms with E-state index in [1.54, 1.807) is 18.2 Å². The molecule has 0 aliphatic carbocycles. The van der Waals surface area contributed by atoms with E-state index in [1.165, 1.54) is 11.1 Å². The van der Waals surface area contributed by atoms with E-state index in [0.717, 1.165) is 5.69 Å². The molecule has 0 aliphatic rings. The number of hydrogen-bond donors (Lipinski definition) is 2. The highest BCUT2D eigenvalue weighted by atomic mass is 35.5. The van der Waals surface area contributed by atoms with Crippen LogP contribution in [0.2, 0.25) is 10.0 Å². The quantitative estimate of drug-likeness (QED) is 0.801. The van der Waals surface area contributed by atoms with Crippen LogP contribution >= 0.6 is 23.2 Å². The van der Waals surface area contributed by atoms with Gasteiger partial charge < -0.3 is 10.6 Å². The van der Waals surface area contributed by atoms with E-state index in [2.05, 4.69) is 28.8 Å². The zero-order chi connectivity index (χ0) is 16.1. The lowest BCUT2D eigenvalue weighted by Crippen LogP contribution is -2.16.